The Hall–Kier alpha value is -14.3. The topological polar surface area (TPSA) is 555 Å². The Bertz CT molecular complexity index is 6920. The SMILES string of the molecule is CC(=O)OCOC(=O)C1=C(CSC2CC3(OC2=O)c2cc(Cl)c(OC(C)=O)cc2C(C)(C)c2cc(OC(C)=O)c(Cl)cc23)CSC2C(NC(=O)CNC(=O)c3nc4ccc(OC(C)=O)cc4oc3=O)C(=O)N12.CCCC(=O)Oc1cc2oc(=O)c(C(=O)NCC(=O)NC3C(=O)N4C(C(=O)OCOC(C)=O)=C(CSC5CC6(OC5=O)c5ccc(OC(C)=O)cc5Oc5cc(OC(C)=O)ccc56)CSC34)cc2cc1Cl. The van der Waals surface area contributed by atoms with Gasteiger partial charge in [-0.15, -0.1) is 47.0 Å². The number of fused-ring (bicyclic) bond motifs is 12. The summed E-state index contributed by atoms with van der Waals surface area (Å²) in [7, 11) is 0. The standard InChI is InChI=1S/C47H40Cl2N4O17S2.C47H40ClN3O18S2/c1-19(54)64-18-65-45(63)39-23(17-72-42-38(41(60)53(39)42)52-36(58)15-50-40(59)37-44(62)69-34-9-24(66-20(2)55)7-8-31(34)51-37)16-71-35-14-47(70-43(35)61)27-10-29(48)32(67-21(3)56)12-25(27)46(5,6)26-13-33(68-22(4)57)30(49)11-28(26)47;1-5-6-38(56)67-35-15-32-24(12-31(35)48)11-28(44(59)68-32)41(57)49-17-37(55)50-39-42(58)51-40(46(61)63-20-62-21(2)52)25(19-71-43(39)51)18-70-36-16-47(69-45(36)60)29-9-7-26(64-22(3)53)13-33(29)66-34-14-27(65-23(4)54)8-10-30(34)47/h7-13,35,38,42H,14-18H2,1-6H3,(H,50,59)(H,52,58);7-15,36,39,43H,5-6,16-20H2,1-4H3,(H,49,57)(H,50,55). The average molecular weight is 2100 g/mol. The number of carbonyl (C=O) groups excluding carboxylic acids is 18. The molecule has 6 amide bonds. The van der Waals surface area contributed by atoms with Crippen molar-refractivity contribution in [1.29, 1.82) is 0 Å². The first-order valence-electron chi connectivity index (χ1n) is 43.1. The minimum absolute atomic E-state index is 0.00403. The zero-order chi connectivity index (χ0) is 103. The predicted octanol–water partition coefficient (Wildman–Crippen LogP) is 8.90. The van der Waals surface area contributed by atoms with E-state index < -0.39 is 206 Å². The van der Waals surface area contributed by atoms with Gasteiger partial charge in [0.15, 0.2) is 22.5 Å². The average Bonchev–Trinajstić information content (AvgIpc) is 1.64. The van der Waals surface area contributed by atoms with Crippen LogP contribution in [0.5, 0.6) is 46.0 Å². The van der Waals surface area contributed by atoms with Crippen molar-refractivity contribution >= 4 is 211 Å². The maximum absolute atomic E-state index is 14.1. The van der Waals surface area contributed by atoms with Gasteiger partial charge < -0.3 is 91.7 Å². The molecule has 1 aliphatic carbocycles. The molecule has 143 heavy (non-hydrogen) atoms. The summed E-state index contributed by atoms with van der Waals surface area (Å²) >= 11 is 24.3. The van der Waals surface area contributed by atoms with Gasteiger partial charge in [0, 0.05) is 148 Å². The third-order valence-electron chi connectivity index (χ3n) is 22.9. The van der Waals surface area contributed by atoms with Crippen LogP contribution >= 0.6 is 81.9 Å². The highest BCUT2D eigenvalue weighted by molar-refractivity contribution is 8.02. The maximum Gasteiger partial charge on any atom is 0.368 e. The molecular formula is C94H80Cl3N7O35S4. The van der Waals surface area contributed by atoms with Crippen LogP contribution in [-0.4, -0.2) is 205 Å². The Morgan fingerprint density at radius 3 is 1.37 bits per heavy atom. The van der Waals surface area contributed by atoms with E-state index in [0.29, 0.717) is 50.9 Å². The van der Waals surface area contributed by atoms with Crippen LogP contribution in [0.25, 0.3) is 22.1 Å². The fraction of sp³-hybridized carbons (Fsp3) is 0.330. The Balaban J connectivity index is 0.000000215. The van der Waals surface area contributed by atoms with Gasteiger partial charge in [0.2, 0.25) is 31.1 Å². The highest BCUT2D eigenvalue weighted by atomic mass is 35.5. The van der Waals surface area contributed by atoms with Crippen LogP contribution in [0.1, 0.15) is 149 Å². The molecule has 0 bridgehead atoms. The number of benzene rings is 6. The fourth-order valence-electron chi connectivity index (χ4n) is 16.8. The van der Waals surface area contributed by atoms with Crippen LogP contribution in [0, 0.1) is 0 Å². The van der Waals surface area contributed by atoms with Gasteiger partial charge in [-0.3, -0.25) is 86.5 Å². The molecule has 0 radical (unpaired) electrons. The van der Waals surface area contributed by atoms with Crippen molar-refractivity contribution in [3.05, 3.63) is 200 Å². The van der Waals surface area contributed by atoms with E-state index in [1.807, 2.05) is 13.8 Å². The number of thioether (sulfide) groups is 4. The summed E-state index contributed by atoms with van der Waals surface area (Å²) in [5, 5.41) is 6.53. The van der Waals surface area contributed by atoms with Crippen LogP contribution in [-0.2, 0) is 122 Å². The van der Waals surface area contributed by atoms with Gasteiger partial charge in [-0.2, -0.15) is 0 Å². The van der Waals surface area contributed by atoms with E-state index in [4.69, 9.17) is 105 Å². The summed E-state index contributed by atoms with van der Waals surface area (Å²) in [6.07, 6.45) is 0.695. The first kappa shape index (κ1) is 103. The summed E-state index contributed by atoms with van der Waals surface area (Å²) < 4.78 is 81.0. The number of aromatic nitrogens is 1. The molecule has 4 saturated heterocycles. The number of halogens is 3. The third-order valence-corrected chi connectivity index (χ3v) is 29.0. The molecule has 746 valence electrons. The number of esters is 12. The smallest absolute Gasteiger partial charge is 0.368 e. The minimum atomic E-state index is -1.53. The number of amides is 6. The van der Waals surface area contributed by atoms with Crippen LogP contribution < -0.4 is 65.7 Å². The van der Waals surface area contributed by atoms with E-state index in [9.17, 15) is 95.9 Å². The molecule has 4 fully saturated rings. The van der Waals surface area contributed by atoms with E-state index >= 15 is 0 Å². The second kappa shape index (κ2) is 42.1. The molecule has 8 aromatic rings. The number of nitrogens with zero attached hydrogens (tertiary/aromatic N) is 3. The number of ether oxygens (including phenoxy) is 13. The first-order valence-corrected chi connectivity index (χ1v) is 48.5. The largest absolute Gasteiger partial charge is 0.456 e. The van der Waals surface area contributed by atoms with Gasteiger partial charge in [0.25, 0.3) is 23.6 Å². The zero-order valence-corrected chi connectivity index (χ0v) is 82.1. The molecule has 7 aliphatic heterocycles. The molecule has 8 aliphatic rings. The van der Waals surface area contributed by atoms with Crippen LogP contribution in [0.3, 0.4) is 0 Å². The fourth-order valence-corrected chi connectivity index (χ4v) is 22.7. The van der Waals surface area contributed by atoms with Gasteiger partial charge in [-0.25, -0.2) is 24.2 Å². The predicted molar refractivity (Wildman–Crippen MR) is 503 cm³/mol. The van der Waals surface area contributed by atoms with E-state index in [2.05, 4.69) is 26.3 Å². The van der Waals surface area contributed by atoms with Crippen molar-refractivity contribution in [3.63, 3.8) is 0 Å². The van der Waals surface area contributed by atoms with E-state index in [1.165, 1.54) is 119 Å². The highest BCUT2D eigenvalue weighted by Gasteiger charge is 2.61. The quantitative estimate of drug-likeness (QED) is 0.00887. The van der Waals surface area contributed by atoms with Gasteiger partial charge in [0.05, 0.1) is 28.2 Å². The van der Waals surface area contributed by atoms with E-state index in [0.717, 1.165) is 47.2 Å². The van der Waals surface area contributed by atoms with Crippen molar-refractivity contribution in [3.8, 4) is 46.0 Å². The molecule has 4 N–H and O–H groups in total. The summed E-state index contributed by atoms with van der Waals surface area (Å²) in [6, 6.07) is 20.9. The molecule has 42 nitrogen and oxygen atoms in total. The lowest BCUT2D eigenvalue weighted by Crippen LogP contribution is -2.71. The molecule has 2 aromatic heterocycles. The number of β-lactam (4-membered cyclic amide) rings is 2. The maximum atomic E-state index is 14.1. The lowest BCUT2D eigenvalue weighted by Gasteiger charge is -2.49. The van der Waals surface area contributed by atoms with Gasteiger partial charge in [-0.1, -0.05) is 55.6 Å². The molecule has 6 atom stereocenters. The summed E-state index contributed by atoms with van der Waals surface area (Å²) in [5.41, 5.74) is -3.91. The summed E-state index contributed by atoms with van der Waals surface area (Å²) in [5.74, 6) is -12.5. The minimum Gasteiger partial charge on any atom is -0.456 e. The molecule has 16 rings (SSSR count). The molecule has 49 heteroatoms. The second-order valence-electron chi connectivity index (χ2n) is 33.2. The molecule has 2 spiro atoms. The van der Waals surface area contributed by atoms with Crippen molar-refractivity contribution in [2.45, 2.75) is 145 Å². The monoisotopic (exact) mass is 2100 g/mol. The number of hydrogen-bond donors (Lipinski definition) is 4. The lowest BCUT2D eigenvalue weighted by molar-refractivity contribution is -0.167. The van der Waals surface area contributed by atoms with Crippen molar-refractivity contribution in [2.24, 2.45) is 0 Å². The second-order valence-corrected chi connectivity index (χ2v) is 39.0. The van der Waals surface area contributed by atoms with Crippen LogP contribution in [0.2, 0.25) is 15.1 Å². The molecule has 6 unspecified atom stereocenters. The van der Waals surface area contributed by atoms with Gasteiger partial charge in [0.1, 0.15) is 102 Å². The summed E-state index contributed by atoms with van der Waals surface area (Å²) in [6.45, 7) is 10.9. The van der Waals surface area contributed by atoms with Crippen molar-refractivity contribution in [1.82, 2.24) is 36.1 Å². The number of carbonyl (C=O) groups is 18. The van der Waals surface area contributed by atoms with Gasteiger partial charge in [-0.05, 0) is 101 Å². The zero-order valence-electron chi connectivity index (χ0n) is 76.6. The Kier molecular flexibility index (Phi) is 30.3. The number of rotatable bonds is 28. The molecule has 0 saturated carbocycles. The Morgan fingerprint density at radius 2 is 0.909 bits per heavy atom. The Labute approximate surface area is 839 Å². The lowest BCUT2D eigenvalue weighted by atomic mass is 9.62. The molecular weight excluding hydrogens is 2020 g/mol. The Morgan fingerprint density at radius 1 is 0.476 bits per heavy atom. The van der Waals surface area contributed by atoms with E-state index in [1.54, 1.807) is 43.3 Å². The highest BCUT2D eigenvalue weighted by Crippen LogP contribution is 2.61. The van der Waals surface area contributed by atoms with Crippen LogP contribution in [0.4, 0.5) is 0 Å². The number of nitrogens with one attached hydrogen (secondary N) is 4. The van der Waals surface area contributed by atoms with Crippen molar-refractivity contribution in [2.75, 3.05) is 49.7 Å². The normalized spacial score (nSPS) is 18.6. The first-order chi connectivity index (χ1) is 67.8. The number of hydrogen-bond acceptors (Lipinski definition) is 40. The molecule has 9 heterocycles. The summed E-state index contributed by atoms with van der Waals surface area (Å²) in [4.78, 5) is 261. The van der Waals surface area contributed by atoms with E-state index in [-0.39, 0.29) is 137 Å². The van der Waals surface area contributed by atoms with Gasteiger partial charge >= 0.3 is 82.9 Å². The molecule has 6 aromatic carbocycles. The third kappa shape index (κ3) is 21.6. The van der Waals surface area contributed by atoms with Crippen LogP contribution in [0.15, 0.2) is 138 Å². The van der Waals surface area contributed by atoms with Crippen molar-refractivity contribution < 1.29 is 157 Å².